The minimum absolute atomic E-state index is 0.345. The summed E-state index contributed by atoms with van der Waals surface area (Å²) >= 11 is 0. The first kappa shape index (κ1) is 14.7. The zero-order valence-electron chi connectivity index (χ0n) is 12.9. The monoisotopic (exact) mass is 290 g/mol. The molecule has 2 heterocycles. The molecular formula is C16H26N4O. The van der Waals surface area contributed by atoms with E-state index in [0.29, 0.717) is 18.2 Å². The topological polar surface area (TPSA) is 64.3 Å². The number of nitrogen functional groups attached to an aromatic ring is 1. The summed E-state index contributed by atoms with van der Waals surface area (Å²) in [5, 5.41) is 0. The largest absolute Gasteiger partial charge is 0.372 e. The number of rotatable bonds is 6. The van der Waals surface area contributed by atoms with Crippen molar-refractivity contribution in [2.45, 2.75) is 57.8 Å². The summed E-state index contributed by atoms with van der Waals surface area (Å²) in [6, 6.07) is 0. The molecular weight excluding hydrogens is 264 g/mol. The fraction of sp³-hybridized carbons (Fsp3) is 0.750. The molecule has 0 amide bonds. The molecule has 1 aromatic rings. The van der Waals surface area contributed by atoms with E-state index in [9.17, 15) is 0 Å². The van der Waals surface area contributed by atoms with Crippen molar-refractivity contribution in [2.24, 2.45) is 5.92 Å². The number of anilines is 1. The molecule has 1 saturated heterocycles. The molecule has 21 heavy (non-hydrogen) atoms. The average Bonchev–Trinajstić information content (AvgIpc) is 3.32. The molecule has 1 saturated carbocycles. The number of morpholine rings is 1. The molecule has 1 aromatic heterocycles. The van der Waals surface area contributed by atoms with Crippen molar-refractivity contribution in [2.75, 3.05) is 18.8 Å². The molecule has 5 nitrogen and oxygen atoms in total. The van der Waals surface area contributed by atoms with Gasteiger partial charge >= 0.3 is 0 Å². The first-order chi connectivity index (χ1) is 10.2. The second-order valence-corrected chi connectivity index (χ2v) is 6.42. The van der Waals surface area contributed by atoms with E-state index in [0.717, 1.165) is 31.1 Å². The predicted molar refractivity (Wildman–Crippen MR) is 82.6 cm³/mol. The van der Waals surface area contributed by atoms with Crippen molar-refractivity contribution < 1.29 is 4.74 Å². The maximum absolute atomic E-state index is 6.31. The second kappa shape index (κ2) is 6.71. The molecule has 0 radical (unpaired) electrons. The first-order valence-electron chi connectivity index (χ1n) is 8.18. The lowest BCUT2D eigenvalue weighted by atomic mass is 10.1. The lowest BCUT2D eigenvalue weighted by Crippen LogP contribution is -2.48. The Morgan fingerprint density at radius 1 is 1.29 bits per heavy atom. The normalized spacial score (nSPS) is 26.9. The summed E-state index contributed by atoms with van der Waals surface area (Å²) in [7, 11) is 0. The SMILES string of the molecule is CCCC[C@@H]1CN(Cc2cnc(N)nc2)C[C@H](C2CC2)O1. The van der Waals surface area contributed by atoms with E-state index in [2.05, 4.69) is 21.8 Å². The molecule has 116 valence electrons. The van der Waals surface area contributed by atoms with Gasteiger partial charge in [-0.05, 0) is 25.2 Å². The first-order valence-corrected chi connectivity index (χ1v) is 8.18. The van der Waals surface area contributed by atoms with Crippen LogP contribution in [0.15, 0.2) is 12.4 Å². The molecule has 2 fully saturated rings. The average molecular weight is 290 g/mol. The van der Waals surface area contributed by atoms with Gasteiger partial charge in [0.1, 0.15) is 0 Å². The highest BCUT2D eigenvalue weighted by molar-refractivity contribution is 5.17. The molecule has 0 aromatic carbocycles. The number of unbranched alkanes of at least 4 members (excludes halogenated alkanes) is 1. The number of aromatic nitrogens is 2. The molecule has 3 rings (SSSR count). The summed E-state index contributed by atoms with van der Waals surface area (Å²) in [5.41, 5.74) is 6.69. The van der Waals surface area contributed by atoms with Gasteiger partial charge in [-0.15, -0.1) is 0 Å². The van der Waals surface area contributed by atoms with Crippen molar-refractivity contribution >= 4 is 5.95 Å². The Balaban J connectivity index is 1.60. The van der Waals surface area contributed by atoms with Gasteiger partial charge in [-0.2, -0.15) is 0 Å². The maximum Gasteiger partial charge on any atom is 0.219 e. The van der Waals surface area contributed by atoms with E-state index in [1.807, 2.05) is 12.4 Å². The van der Waals surface area contributed by atoms with Crippen molar-refractivity contribution in [3.8, 4) is 0 Å². The van der Waals surface area contributed by atoms with E-state index >= 15 is 0 Å². The van der Waals surface area contributed by atoms with Gasteiger partial charge in [0.25, 0.3) is 0 Å². The van der Waals surface area contributed by atoms with Crippen LogP contribution in [0.2, 0.25) is 0 Å². The third-order valence-electron chi connectivity index (χ3n) is 4.43. The molecule has 0 spiro atoms. The Hall–Kier alpha value is -1.20. The van der Waals surface area contributed by atoms with Gasteiger partial charge in [-0.1, -0.05) is 19.8 Å². The standard InChI is InChI=1S/C16H26N4O/c1-2-3-4-14-10-20(11-15(21-14)13-5-6-13)9-12-7-18-16(17)19-8-12/h7-8,13-15H,2-6,9-11H2,1H3,(H2,17,18,19)/t14-,15-/m1/s1. The number of hydrogen-bond donors (Lipinski definition) is 1. The summed E-state index contributed by atoms with van der Waals surface area (Å²) in [6.45, 7) is 5.20. The van der Waals surface area contributed by atoms with Gasteiger partial charge in [0.05, 0.1) is 12.2 Å². The number of hydrogen-bond acceptors (Lipinski definition) is 5. The van der Waals surface area contributed by atoms with Crippen LogP contribution in [-0.4, -0.2) is 40.2 Å². The van der Waals surface area contributed by atoms with Crippen molar-refractivity contribution in [3.63, 3.8) is 0 Å². The van der Waals surface area contributed by atoms with E-state index in [1.165, 1.54) is 32.1 Å². The quantitative estimate of drug-likeness (QED) is 0.870. The Morgan fingerprint density at radius 3 is 2.71 bits per heavy atom. The highest BCUT2D eigenvalue weighted by Crippen LogP contribution is 2.37. The van der Waals surface area contributed by atoms with Crippen LogP contribution < -0.4 is 5.73 Å². The molecule has 2 N–H and O–H groups in total. The summed E-state index contributed by atoms with van der Waals surface area (Å²) < 4.78 is 6.31. The predicted octanol–water partition coefficient (Wildman–Crippen LogP) is 2.23. The third kappa shape index (κ3) is 4.14. The second-order valence-electron chi connectivity index (χ2n) is 6.42. The zero-order chi connectivity index (χ0) is 14.7. The van der Waals surface area contributed by atoms with E-state index in [-0.39, 0.29) is 0 Å². The highest BCUT2D eigenvalue weighted by atomic mass is 16.5. The highest BCUT2D eigenvalue weighted by Gasteiger charge is 2.38. The summed E-state index contributed by atoms with van der Waals surface area (Å²) in [6.07, 6.45) is 10.8. The Kier molecular flexibility index (Phi) is 4.70. The van der Waals surface area contributed by atoms with E-state index in [4.69, 9.17) is 10.5 Å². The van der Waals surface area contributed by atoms with Crippen LogP contribution in [0.3, 0.4) is 0 Å². The molecule has 0 unspecified atom stereocenters. The van der Waals surface area contributed by atoms with Crippen molar-refractivity contribution in [3.05, 3.63) is 18.0 Å². The number of nitrogens with zero attached hydrogens (tertiary/aromatic N) is 3. The van der Waals surface area contributed by atoms with E-state index in [1.54, 1.807) is 0 Å². The molecule has 2 atom stereocenters. The van der Waals surface area contributed by atoms with Gasteiger partial charge < -0.3 is 10.5 Å². The van der Waals surface area contributed by atoms with E-state index < -0.39 is 0 Å². The number of nitrogens with two attached hydrogens (primary N) is 1. The van der Waals surface area contributed by atoms with Gasteiger partial charge in [0, 0.05) is 37.6 Å². The van der Waals surface area contributed by atoms with Crippen LogP contribution in [0.1, 0.15) is 44.6 Å². The van der Waals surface area contributed by atoms with Crippen LogP contribution in [-0.2, 0) is 11.3 Å². The molecule has 1 aliphatic heterocycles. The number of ether oxygens (including phenoxy) is 1. The van der Waals surface area contributed by atoms with Crippen molar-refractivity contribution in [1.29, 1.82) is 0 Å². The van der Waals surface area contributed by atoms with Crippen LogP contribution in [0.5, 0.6) is 0 Å². The maximum atomic E-state index is 6.31. The summed E-state index contributed by atoms with van der Waals surface area (Å²) in [4.78, 5) is 10.7. The van der Waals surface area contributed by atoms with Gasteiger partial charge in [-0.3, -0.25) is 4.90 Å². The fourth-order valence-electron chi connectivity index (χ4n) is 3.10. The van der Waals surface area contributed by atoms with Gasteiger partial charge in [-0.25, -0.2) is 9.97 Å². The lowest BCUT2D eigenvalue weighted by Gasteiger charge is -2.38. The van der Waals surface area contributed by atoms with Gasteiger partial charge in [0.15, 0.2) is 0 Å². The Bertz CT molecular complexity index is 446. The molecule has 2 aliphatic rings. The van der Waals surface area contributed by atoms with Crippen LogP contribution in [0, 0.1) is 5.92 Å². The van der Waals surface area contributed by atoms with Crippen LogP contribution in [0.4, 0.5) is 5.95 Å². The van der Waals surface area contributed by atoms with Crippen LogP contribution >= 0.6 is 0 Å². The van der Waals surface area contributed by atoms with Crippen LogP contribution in [0.25, 0.3) is 0 Å². The summed E-state index contributed by atoms with van der Waals surface area (Å²) in [5.74, 6) is 1.14. The smallest absolute Gasteiger partial charge is 0.219 e. The lowest BCUT2D eigenvalue weighted by molar-refractivity contribution is -0.0993. The fourth-order valence-corrected chi connectivity index (χ4v) is 3.10. The van der Waals surface area contributed by atoms with Crippen molar-refractivity contribution in [1.82, 2.24) is 14.9 Å². The molecule has 5 heteroatoms. The molecule has 1 aliphatic carbocycles. The third-order valence-corrected chi connectivity index (χ3v) is 4.43. The Labute approximate surface area is 126 Å². The van der Waals surface area contributed by atoms with Gasteiger partial charge in [0.2, 0.25) is 5.95 Å². The molecule has 0 bridgehead atoms. The Morgan fingerprint density at radius 2 is 2.05 bits per heavy atom. The zero-order valence-corrected chi connectivity index (χ0v) is 12.9. The minimum Gasteiger partial charge on any atom is -0.372 e. The minimum atomic E-state index is 0.345.